The van der Waals surface area contributed by atoms with Gasteiger partial charge in [-0.3, -0.25) is 4.72 Å². The van der Waals surface area contributed by atoms with E-state index < -0.39 is 10.0 Å². The van der Waals surface area contributed by atoms with Crippen molar-refractivity contribution in [2.75, 3.05) is 17.9 Å². The lowest BCUT2D eigenvalue weighted by atomic mass is 9.87. The molecule has 1 fully saturated rings. The Balaban J connectivity index is 1.67. The van der Waals surface area contributed by atoms with Gasteiger partial charge in [0.2, 0.25) is 0 Å². The number of hydrogen-bond donors (Lipinski definition) is 1. The minimum Gasteiger partial charge on any atom is -0.381 e. The van der Waals surface area contributed by atoms with Crippen LogP contribution in [0, 0.1) is 0 Å². The van der Waals surface area contributed by atoms with Gasteiger partial charge in [-0.15, -0.1) is 10.2 Å². The summed E-state index contributed by atoms with van der Waals surface area (Å²) in [5, 5.41) is 9.28. The third-order valence-electron chi connectivity index (χ3n) is 5.99. The highest BCUT2D eigenvalue weighted by atomic mass is 35.5. The van der Waals surface area contributed by atoms with Gasteiger partial charge in [0.05, 0.1) is 10.6 Å². The summed E-state index contributed by atoms with van der Waals surface area (Å²) in [6.45, 7) is 7.66. The number of halogens is 1. The average molecular weight is 489 g/mol. The lowest BCUT2D eigenvalue weighted by molar-refractivity contribution is 0.0830. The molecule has 0 saturated carbocycles. The molecule has 0 amide bonds. The maximum atomic E-state index is 13.2. The summed E-state index contributed by atoms with van der Waals surface area (Å²) < 4.78 is 36.4. The van der Waals surface area contributed by atoms with E-state index in [-0.39, 0.29) is 16.2 Å². The van der Waals surface area contributed by atoms with Gasteiger partial charge in [0.25, 0.3) is 10.0 Å². The Kier molecular flexibility index (Phi) is 6.53. The molecule has 9 heteroatoms. The van der Waals surface area contributed by atoms with Gasteiger partial charge in [0, 0.05) is 36.8 Å². The van der Waals surface area contributed by atoms with Crippen LogP contribution in [0.15, 0.2) is 47.4 Å². The standard InChI is InChI=1S/C24H29ClN4O3S/c1-24(2,3)17-5-8-19(9-6-17)33(30,31)28-21-10-7-18(25)15-20(21)23-27-26-22(29(23)4)16-11-13-32-14-12-16/h5-10,15-16,28H,11-14H2,1-4H3. The third-order valence-corrected chi connectivity index (χ3v) is 7.61. The molecule has 1 N–H and O–H groups in total. The highest BCUT2D eigenvalue weighted by Gasteiger charge is 2.25. The van der Waals surface area contributed by atoms with Gasteiger partial charge < -0.3 is 9.30 Å². The van der Waals surface area contributed by atoms with Crippen LogP contribution in [-0.4, -0.2) is 36.4 Å². The van der Waals surface area contributed by atoms with Crippen molar-refractivity contribution >= 4 is 27.3 Å². The van der Waals surface area contributed by atoms with Crippen LogP contribution in [0.2, 0.25) is 5.02 Å². The van der Waals surface area contributed by atoms with E-state index in [0.29, 0.717) is 35.3 Å². The molecular formula is C24H29ClN4O3S. The van der Waals surface area contributed by atoms with Crippen LogP contribution in [0.3, 0.4) is 0 Å². The number of anilines is 1. The first-order valence-electron chi connectivity index (χ1n) is 11.0. The largest absolute Gasteiger partial charge is 0.381 e. The van der Waals surface area contributed by atoms with E-state index in [0.717, 1.165) is 24.2 Å². The zero-order valence-corrected chi connectivity index (χ0v) is 20.9. The number of hydrogen-bond acceptors (Lipinski definition) is 5. The number of sulfonamides is 1. The second kappa shape index (κ2) is 9.08. The van der Waals surface area contributed by atoms with Gasteiger partial charge in [-0.05, 0) is 54.2 Å². The minimum absolute atomic E-state index is 0.0631. The summed E-state index contributed by atoms with van der Waals surface area (Å²) in [6, 6.07) is 12.0. The van der Waals surface area contributed by atoms with Gasteiger partial charge in [-0.1, -0.05) is 44.5 Å². The topological polar surface area (TPSA) is 86.1 Å². The summed E-state index contributed by atoms with van der Waals surface area (Å²) in [7, 11) is -1.92. The van der Waals surface area contributed by atoms with Crippen LogP contribution < -0.4 is 4.72 Å². The fraction of sp³-hybridized carbons (Fsp3) is 0.417. The molecule has 0 bridgehead atoms. The van der Waals surface area contributed by atoms with Gasteiger partial charge in [0.15, 0.2) is 5.82 Å². The van der Waals surface area contributed by atoms with Crippen LogP contribution in [0.25, 0.3) is 11.4 Å². The van der Waals surface area contributed by atoms with E-state index in [1.165, 1.54) is 0 Å². The first-order chi connectivity index (χ1) is 15.6. The Labute approximate surface area is 200 Å². The molecule has 2 heterocycles. The lowest BCUT2D eigenvalue weighted by Gasteiger charge is -2.21. The fourth-order valence-corrected chi connectivity index (χ4v) is 5.27. The Hall–Kier alpha value is -2.42. The quantitative estimate of drug-likeness (QED) is 0.538. The Morgan fingerprint density at radius 3 is 2.36 bits per heavy atom. The minimum atomic E-state index is -3.81. The summed E-state index contributed by atoms with van der Waals surface area (Å²) >= 11 is 6.27. The highest BCUT2D eigenvalue weighted by Crippen LogP contribution is 2.34. The second-order valence-corrected chi connectivity index (χ2v) is 11.5. The molecule has 3 aromatic rings. The number of rotatable bonds is 5. The van der Waals surface area contributed by atoms with Crippen molar-refractivity contribution in [2.45, 2.75) is 49.8 Å². The van der Waals surface area contributed by atoms with Crippen molar-refractivity contribution in [3.63, 3.8) is 0 Å². The fourth-order valence-electron chi connectivity index (χ4n) is 4.02. The van der Waals surface area contributed by atoms with Crippen LogP contribution >= 0.6 is 11.6 Å². The molecule has 1 aliphatic rings. The van der Waals surface area contributed by atoms with E-state index in [1.54, 1.807) is 30.3 Å². The number of aromatic nitrogens is 3. The average Bonchev–Trinajstić information content (AvgIpc) is 3.16. The van der Waals surface area contributed by atoms with Crippen molar-refractivity contribution in [3.05, 3.63) is 58.9 Å². The molecule has 176 valence electrons. The SMILES string of the molecule is Cn1c(-c2cc(Cl)ccc2NS(=O)(=O)c2ccc(C(C)(C)C)cc2)nnc1C1CCOCC1. The van der Waals surface area contributed by atoms with E-state index in [4.69, 9.17) is 16.3 Å². The van der Waals surface area contributed by atoms with Gasteiger partial charge in [0.1, 0.15) is 5.82 Å². The van der Waals surface area contributed by atoms with Crippen LogP contribution in [-0.2, 0) is 27.2 Å². The van der Waals surface area contributed by atoms with Gasteiger partial charge in [-0.2, -0.15) is 0 Å². The third kappa shape index (κ3) is 5.08. The smallest absolute Gasteiger partial charge is 0.261 e. The van der Waals surface area contributed by atoms with Crippen molar-refractivity contribution in [3.8, 4) is 11.4 Å². The van der Waals surface area contributed by atoms with E-state index >= 15 is 0 Å². The molecule has 0 spiro atoms. The monoisotopic (exact) mass is 488 g/mol. The van der Waals surface area contributed by atoms with Gasteiger partial charge in [-0.25, -0.2) is 8.42 Å². The molecule has 2 aromatic carbocycles. The molecule has 0 atom stereocenters. The van der Waals surface area contributed by atoms with Crippen molar-refractivity contribution < 1.29 is 13.2 Å². The molecule has 1 saturated heterocycles. The summed E-state index contributed by atoms with van der Waals surface area (Å²) in [6.07, 6.45) is 1.76. The zero-order chi connectivity index (χ0) is 23.8. The van der Waals surface area contributed by atoms with Crippen LogP contribution in [0.1, 0.15) is 50.9 Å². The molecule has 33 heavy (non-hydrogen) atoms. The number of nitrogens with zero attached hydrogens (tertiary/aromatic N) is 3. The first kappa shape index (κ1) is 23.7. The van der Waals surface area contributed by atoms with E-state index in [9.17, 15) is 8.42 Å². The molecule has 7 nitrogen and oxygen atoms in total. The molecule has 1 aromatic heterocycles. The Morgan fingerprint density at radius 2 is 1.73 bits per heavy atom. The number of benzene rings is 2. The molecule has 0 aliphatic carbocycles. The summed E-state index contributed by atoms with van der Waals surface area (Å²) in [5.41, 5.74) is 1.97. The lowest BCUT2D eigenvalue weighted by Crippen LogP contribution is -2.17. The number of ether oxygens (including phenoxy) is 1. The Morgan fingerprint density at radius 1 is 1.06 bits per heavy atom. The highest BCUT2D eigenvalue weighted by molar-refractivity contribution is 7.92. The molecular weight excluding hydrogens is 460 g/mol. The Bertz CT molecular complexity index is 1240. The van der Waals surface area contributed by atoms with E-state index in [1.807, 2.05) is 23.7 Å². The predicted octanol–water partition coefficient (Wildman–Crippen LogP) is 5.13. The normalized spacial score (nSPS) is 15.5. The van der Waals surface area contributed by atoms with Crippen LogP contribution in [0.5, 0.6) is 0 Å². The maximum absolute atomic E-state index is 13.2. The van der Waals surface area contributed by atoms with E-state index in [2.05, 4.69) is 35.7 Å². The molecule has 0 unspecified atom stereocenters. The van der Waals surface area contributed by atoms with Crippen LogP contribution in [0.4, 0.5) is 5.69 Å². The van der Waals surface area contributed by atoms with Crippen molar-refractivity contribution in [1.29, 1.82) is 0 Å². The number of nitrogens with one attached hydrogen (secondary N) is 1. The van der Waals surface area contributed by atoms with Gasteiger partial charge >= 0.3 is 0 Å². The second-order valence-electron chi connectivity index (χ2n) is 9.40. The summed E-state index contributed by atoms with van der Waals surface area (Å²) in [4.78, 5) is 0.192. The predicted molar refractivity (Wildman–Crippen MR) is 130 cm³/mol. The summed E-state index contributed by atoms with van der Waals surface area (Å²) in [5.74, 6) is 1.67. The van der Waals surface area contributed by atoms with Crippen molar-refractivity contribution in [1.82, 2.24) is 14.8 Å². The molecule has 1 aliphatic heterocycles. The maximum Gasteiger partial charge on any atom is 0.261 e. The molecule has 0 radical (unpaired) electrons. The van der Waals surface area contributed by atoms with Crippen molar-refractivity contribution in [2.24, 2.45) is 7.05 Å². The first-order valence-corrected chi connectivity index (χ1v) is 12.8. The molecule has 4 rings (SSSR count). The zero-order valence-electron chi connectivity index (χ0n) is 19.3.